The van der Waals surface area contributed by atoms with E-state index < -0.39 is 10.8 Å². The van der Waals surface area contributed by atoms with Crippen LogP contribution in [-0.4, -0.2) is 15.8 Å². The molecule has 0 fully saturated rings. The Hall–Kier alpha value is -3.00. The first-order chi connectivity index (χ1) is 10.1. The summed E-state index contributed by atoms with van der Waals surface area (Å²) in [7, 11) is 0. The van der Waals surface area contributed by atoms with Gasteiger partial charge >= 0.3 is 0 Å². The second kappa shape index (κ2) is 6.44. The Kier molecular flexibility index (Phi) is 4.42. The van der Waals surface area contributed by atoms with Crippen molar-refractivity contribution in [2.24, 2.45) is 5.73 Å². The number of carbonyl (C=O) groups is 1. The fourth-order valence-corrected chi connectivity index (χ4v) is 1.58. The monoisotopic (exact) mass is 288 g/mol. The van der Waals surface area contributed by atoms with Gasteiger partial charge in [-0.1, -0.05) is 30.3 Å². The van der Waals surface area contributed by atoms with Gasteiger partial charge in [0, 0.05) is 6.07 Å². The molecule has 1 heterocycles. The summed E-state index contributed by atoms with van der Waals surface area (Å²) in [6.45, 7) is 0.234. The molecule has 108 valence electrons. The van der Waals surface area contributed by atoms with Crippen LogP contribution >= 0.6 is 0 Å². The van der Waals surface area contributed by atoms with E-state index in [0.717, 1.165) is 17.8 Å². The van der Waals surface area contributed by atoms with E-state index in [4.69, 9.17) is 10.6 Å². The van der Waals surface area contributed by atoms with Gasteiger partial charge in [0.05, 0.1) is 17.1 Å². The number of nitrogens with one attached hydrogen (secondary N) is 1. The molecule has 2 aromatic rings. The third-order valence-corrected chi connectivity index (χ3v) is 2.60. The molecule has 0 saturated heterocycles. The summed E-state index contributed by atoms with van der Waals surface area (Å²) in [5, 5.41) is 10.6. The minimum atomic E-state index is -0.836. The number of anilines is 1. The van der Waals surface area contributed by atoms with Crippen molar-refractivity contribution in [1.29, 1.82) is 0 Å². The Morgan fingerprint density at radius 1 is 1.38 bits per heavy atom. The van der Waals surface area contributed by atoms with Crippen molar-refractivity contribution in [3.63, 3.8) is 0 Å². The van der Waals surface area contributed by atoms with Gasteiger partial charge in [0.2, 0.25) is 0 Å². The Bertz CT molecular complexity index is 660. The van der Waals surface area contributed by atoms with E-state index in [1.54, 1.807) is 0 Å². The predicted molar refractivity (Wildman–Crippen MR) is 74.3 cm³/mol. The van der Waals surface area contributed by atoms with E-state index in [9.17, 15) is 14.9 Å². The van der Waals surface area contributed by atoms with Crippen molar-refractivity contribution < 1.29 is 14.6 Å². The number of pyridine rings is 1. The van der Waals surface area contributed by atoms with Crippen molar-refractivity contribution in [2.75, 3.05) is 5.48 Å². The lowest BCUT2D eigenvalue weighted by Crippen LogP contribution is -2.16. The van der Waals surface area contributed by atoms with Crippen LogP contribution in [0.5, 0.6) is 0 Å². The number of aromatic nitrogens is 1. The highest BCUT2D eigenvalue weighted by Crippen LogP contribution is 2.18. The van der Waals surface area contributed by atoms with Crippen molar-refractivity contribution in [3.8, 4) is 0 Å². The van der Waals surface area contributed by atoms with Crippen molar-refractivity contribution >= 4 is 17.4 Å². The molecule has 0 aliphatic heterocycles. The quantitative estimate of drug-likeness (QED) is 0.615. The zero-order valence-electron chi connectivity index (χ0n) is 10.9. The molecule has 0 aliphatic rings. The number of nitro groups is 1. The van der Waals surface area contributed by atoms with Crippen LogP contribution in [0.3, 0.4) is 0 Å². The molecule has 0 atom stereocenters. The molecular weight excluding hydrogens is 276 g/mol. The van der Waals surface area contributed by atoms with Crippen molar-refractivity contribution in [1.82, 2.24) is 4.98 Å². The van der Waals surface area contributed by atoms with Gasteiger partial charge in [-0.25, -0.2) is 10.5 Å². The van der Waals surface area contributed by atoms with Gasteiger partial charge in [-0.15, -0.1) is 0 Å². The molecule has 1 amide bonds. The van der Waals surface area contributed by atoms with Gasteiger partial charge in [-0.3, -0.25) is 19.7 Å². The highest BCUT2D eigenvalue weighted by atomic mass is 16.6. The molecule has 8 nitrogen and oxygen atoms in total. The lowest BCUT2D eigenvalue weighted by Gasteiger charge is -2.09. The van der Waals surface area contributed by atoms with Crippen LogP contribution in [0.2, 0.25) is 0 Å². The van der Waals surface area contributed by atoms with E-state index in [0.29, 0.717) is 0 Å². The molecule has 2 rings (SSSR count). The molecule has 8 heteroatoms. The van der Waals surface area contributed by atoms with E-state index in [2.05, 4.69) is 10.5 Å². The maximum absolute atomic E-state index is 11.3. The normalized spacial score (nSPS) is 10.1. The minimum Gasteiger partial charge on any atom is -0.365 e. The Morgan fingerprint density at radius 2 is 2.10 bits per heavy atom. The highest BCUT2D eigenvalue weighted by molar-refractivity contribution is 5.97. The molecule has 1 aromatic heterocycles. The third-order valence-electron chi connectivity index (χ3n) is 2.60. The lowest BCUT2D eigenvalue weighted by atomic mass is 10.2. The second-order valence-electron chi connectivity index (χ2n) is 4.09. The smallest absolute Gasteiger partial charge is 0.288 e. The SMILES string of the molecule is NC(=O)c1cc([N+](=O)[O-])cnc1NOCc1ccccc1. The van der Waals surface area contributed by atoms with E-state index in [1.807, 2.05) is 30.3 Å². The Morgan fingerprint density at radius 3 is 2.71 bits per heavy atom. The van der Waals surface area contributed by atoms with Gasteiger partial charge in [0.15, 0.2) is 5.82 Å². The second-order valence-corrected chi connectivity index (χ2v) is 4.09. The van der Waals surface area contributed by atoms with Crippen LogP contribution in [0.25, 0.3) is 0 Å². The topological polar surface area (TPSA) is 120 Å². The zero-order chi connectivity index (χ0) is 15.2. The van der Waals surface area contributed by atoms with Gasteiger partial charge < -0.3 is 5.73 Å². The van der Waals surface area contributed by atoms with Crippen LogP contribution in [-0.2, 0) is 11.4 Å². The number of rotatable bonds is 6. The van der Waals surface area contributed by atoms with Crippen molar-refractivity contribution in [3.05, 3.63) is 63.8 Å². The maximum Gasteiger partial charge on any atom is 0.288 e. The Balaban J connectivity index is 2.09. The number of nitrogens with two attached hydrogens (primary N) is 1. The first kappa shape index (κ1) is 14.4. The summed E-state index contributed by atoms with van der Waals surface area (Å²) in [5.41, 5.74) is 8.12. The largest absolute Gasteiger partial charge is 0.365 e. The van der Waals surface area contributed by atoms with E-state index in [-0.39, 0.29) is 23.7 Å². The number of primary amides is 1. The average molecular weight is 288 g/mol. The highest BCUT2D eigenvalue weighted by Gasteiger charge is 2.16. The summed E-state index contributed by atoms with van der Waals surface area (Å²) < 4.78 is 0. The van der Waals surface area contributed by atoms with Gasteiger partial charge in [-0.05, 0) is 5.56 Å². The molecular formula is C13H12N4O4. The average Bonchev–Trinajstić information content (AvgIpc) is 2.48. The molecule has 3 N–H and O–H groups in total. The summed E-state index contributed by atoms with van der Waals surface area (Å²) in [4.78, 5) is 30.3. The van der Waals surface area contributed by atoms with Gasteiger partial charge in [0.25, 0.3) is 11.6 Å². The number of hydrogen-bond acceptors (Lipinski definition) is 6. The number of carbonyl (C=O) groups excluding carboxylic acids is 1. The number of hydrogen-bond donors (Lipinski definition) is 2. The molecule has 0 spiro atoms. The fraction of sp³-hybridized carbons (Fsp3) is 0.0769. The molecule has 0 radical (unpaired) electrons. The zero-order valence-corrected chi connectivity index (χ0v) is 10.9. The first-order valence-corrected chi connectivity index (χ1v) is 5.94. The molecule has 0 saturated carbocycles. The summed E-state index contributed by atoms with van der Waals surface area (Å²) >= 11 is 0. The summed E-state index contributed by atoms with van der Waals surface area (Å²) in [6.07, 6.45) is 1.01. The molecule has 21 heavy (non-hydrogen) atoms. The molecule has 0 unspecified atom stereocenters. The first-order valence-electron chi connectivity index (χ1n) is 5.94. The fourth-order valence-electron chi connectivity index (χ4n) is 1.58. The predicted octanol–water partition coefficient (Wildman–Crippen LogP) is 1.63. The molecule has 0 aliphatic carbocycles. The molecule has 0 bridgehead atoms. The minimum absolute atomic E-state index is 0.0315. The number of amides is 1. The third kappa shape index (κ3) is 3.74. The maximum atomic E-state index is 11.3. The van der Waals surface area contributed by atoms with E-state index in [1.165, 1.54) is 0 Å². The van der Waals surface area contributed by atoms with Crippen LogP contribution < -0.4 is 11.2 Å². The van der Waals surface area contributed by atoms with Crippen LogP contribution in [0.15, 0.2) is 42.6 Å². The van der Waals surface area contributed by atoms with Crippen molar-refractivity contribution in [2.45, 2.75) is 6.61 Å². The van der Waals surface area contributed by atoms with Gasteiger partial charge in [0.1, 0.15) is 6.20 Å². The van der Waals surface area contributed by atoms with Gasteiger partial charge in [-0.2, -0.15) is 0 Å². The van der Waals surface area contributed by atoms with Crippen LogP contribution in [0.1, 0.15) is 15.9 Å². The lowest BCUT2D eigenvalue weighted by molar-refractivity contribution is -0.385. The Labute approximate surface area is 119 Å². The van der Waals surface area contributed by atoms with E-state index >= 15 is 0 Å². The summed E-state index contributed by atoms with van der Waals surface area (Å²) in [6, 6.07) is 10.4. The molecule has 1 aromatic carbocycles. The number of nitrogens with zero attached hydrogens (tertiary/aromatic N) is 2. The van der Waals surface area contributed by atoms with Crippen LogP contribution in [0.4, 0.5) is 11.5 Å². The van der Waals surface area contributed by atoms with Crippen LogP contribution in [0, 0.1) is 10.1 Å². The number of benzene rings is 1. The standard InChI is InChI=1S/C13H12N4O4/c14-12(18)11-6-10(17(19)20)7-15-13(11)16-21-8-9-4-2-1-3-5-9/h1-7H,8H2,(H2,14,18)(H,15,16). The summed E-state index contributed by atoms with van der Waals surface area (Å²) in [5.74, 6) is -0.805.